The van der Waals surface area contributed by atoms with E-state index in [-0.39, 0.29) is 34.5 Å². The maximum Gasteiger partial charge on any atom is 0.430 e. The van der Waals surface area contributed by atoms with Crippen LogP contribution in [0.15, 0.2) is 36.4 Å². The van der Waals surface area contributed by atoms with Crippen LogP contribution in [-0.2, 0) is 12.0 Å². The first-order chi connectivity index (χ1) is 14.1. The average Bonchev–Trinajstić information content (AvgIpc) is 2.66. The highest BCUT2D eigenvalue weighted by atomic mass is 19.4. The molecule has 3 N–H and O–H groups in total. The molecule has 0 unspecified atom stereocenters. The molecule has 0 fully saturated rings. The van der Waals surface area contributed by atoms with Crippen LogP contribution in [0.3, 0.4) is 0 Å². The van der Waals surface area contributed by atoms with Gasteiger partial charge in [-0.15, -0.1) is 0 Å². The lowest BCUT2D eigenvalue weighted by Crippen LogP contribution is -2.54. The zero-order chi connectivity index (χ0) is 23.8. The normalized spacial score (nSPS) is 12.6. The number of rotatable bonds is 5. The first-order valence-electron chi connectivity index (χ1n) is 8.70. The second-order valence-electron chi connectivity index (χ2n) is 6.66. The topological polar surface area (TPSA) is 95.9 Å². The highest BCUT2D eigenvalue weighted by molar-refractivity contribution is 6.05. The molecule has 0 atom stereocenters. The number of amides is 1. The Balaban J connectivity index is 2.53. The Bertz CT molecular complexity index is 959. The molecule has 0 aliphatic carbocycles. The van der Waals surface area contributed by atoms with Crippen LogP contribution in [0.1, 0.15) is 34.0 Å². The van der Waals surface area contributed by atoms with Gasteiger partial charge in [0.25, 0.3) is 11.5 Å². The van der Waals surface area contributed by atoms with Gasteiger partial charge in [0.05, 0.1) is 5.69 Å². The van der Waals surface area contributed by atoms with Gasteiger partial charge in [-0.2, -0.15) is 26.3 Å². The van der Waals surface area contributed by atoms with E-state index in [1.807, 2.05) is 0 Å². The van der Waals surface area contributed by atoms with Crippen LogP contribution < -0.4 is 10.5 Å². The van der Waals surface area contributed by atoms with Gasteiger partial charge < -0.3 is 20.9 Å². The number of carbonyl (C=O) groups excluding carboxylic acids is 1. The van der Waals surface area contributed by atoms with Gasteiger partial charge in [-0.05, 0) is 42.7 Å². The van der Waals surface area contributed by atoms with E-state index in [2.05, 4.69) is 5.32 Å². The molecular formula is C19H17F6N2O4-. The van der Waals surface area contributed by atoms with Gasteiger partial charge in [-0.25, -0.2) is 0 Å². The van der Waals surface area contributed by atoms with E-state index in [0.717, 1.165) is 6.07 Å². The average molecular weight is 451 g/mol. The number of alkyl halides is 6. The number of aliphatic hydroxyl groups is 1. The monoisotopic (exact) mass is 451 g/mol. The number of aryl methyl sites for hydroxylation is 2. The summed E-state index contributed by atoms with van der Waals surface area (Å²) in [5.74, 6) is -0.823. The standard InChI is InChI=1S/C19H17F6N2O4/c1-3-11-8-13(17(29,18(20,21)22)19(23,24)25)7-10(2)15(11)26-16(28)12-5-4-6-14(9-12)27(30)31/h4-9,29-30H,3H2,1-2H3,(H,26,28)/q-1. The summed E-state index contributed by atoms with van der Waals surface area (Å²) in [6.45, 7) is 2.62. The van der Waals surface area contributed by atoms with Crippen LogP contribution in [-0.4, -0.2) is 28.6 Å². The summed E-state index contributed by atoms with van der Waals surface area (Å²) in [4.78, 5) is 12.5. The molecule has 0 radical (unpaired) electrons. The van der Waals surface area contributed by atoms with Crippen molar-refractivity contribution < 1.29 is 41.5 Å². The minimum Gasteiger partial charge on any atom is -0.733 e. The zero-order valence-electron chi connectivity index (χ0n) is 16.1. The van der Waals surface area contributed by atoms with Gasteiger partial charge in [0.2, 0.25) is 0 Å². The van der Waals surface area contributed by atoms with E-state index >= 15 is 0 Å². The predicted molar refractivity (Wildman–Crippen MR) is 98.6 cm³/mol. The van der Waals surface area contributed by atoms with Crippen molar-refractivity contribution in [2.45, 2.75) is 38.2 Å². The van der Waals surface area contributed by atoms with Crippen LogP contribution in [0, 0.1) is 12.1 Å². The molecule has 12 heteroatoms. The van der Waals surface area contributed by atoms with Crippen molar-refractivity contribution in [3.8, 4) is 0 Å². The van der Waals surface area contributed by atoms with E-state index in [0.29, 0.717) is 12.1 Å². The molecule has 0 saturated heterocycles. The lowest BCUT2D eigenvalue weighted by Gasteiger charge is -2.33. The van der Waals surface area contributed by atoms with Crippen LogP contribution in [0.5, 0.6) is 0 Å². The number of nitrogens with zero attached hydrogens (tertiary/aromatic N) is 1. The SMILES string of the molecule is CCc1cc(C(O)(C(F)(F)F)C(F)(F)F)cc(C)c1NC(=O)c1cccc(N([O-])O)c1. The number of hydrogen-bond acceptors (Lipinski definition) is 5. The van der Waals surface area contributed by atoms with Crippen LogP contribution >= 0.6 is 0 Å². The maximum atomic E-state index is 13.2. The first kappa shape index (κ1) is 24.4. The molecule has 0 aromatic heterocycles. The number of nitrogens with one attached hydrogen (secondary N) is 1. The minimum atomic E-state index is -6.04. The smallest absolute Gasteiger partial charge is 0.430 e. The molecule has 0 aliphatic rings. The van der Waals surface area contributed by atoms with Crippen molar-refractivity contribution in [2.75, 3.05) is 10.5 Å². The van der Waals surface area contributed by atoms with Crippen molar-refractivity contribution in [1.29, 1.82) is 0 Å². The Morgan fingerprint density at radius 3 is 2.16 bits per heavy atom. The molecule has 170 valence electrons. The Morgan fingerprint density at radius 1 is 1.10 bits per heavy atom. The fourth-order valence-electron chi connectivity index (χ4n) is 2.97. The number of benzene rings is 2. The highest BCUT2D eigenvalue weighted by Gasteiger charge is 2.71. The molecule has 0 saturated carbocycles. The summed E-state index contributed by atoms with van der Waals surface area (Å²) in [5.41, 5.74) is -7.17. The molecule has 1 amide bonds. The van der Waals surface area contributed by atoms with Gasteiger partial charge in [-0.3, -0.25) is 10.0 Å². The second-order valence-corrected chi connectivity index (χ2v) is 6.66. The largest absolute Gasteiger partial charge is 0.733 e. The summed E-state index contributed by atoms with van der Waals surface area (Å²) in [6.07, 6.45) is -12.1. The van der Waals surface area contributed by atoms with Crippen molar-refractivity contribution in [2.24, 2.45) is 0 Å². The van der Waals surface area contributed by atoms with E-state index in [1.54, 1.807) is 0 Å². The molecule has 0 spiro atoms. The molecule has 6 nitrogen and oxygen atoms in total. The lowest BCUT2D eigenvalue weighted by atomic mass is 9.88. The van der Waals surface area contributed by atoms with Crippen LogP contribution in [0.25, 0.3) is 0 Å². The molecule has 2 aromatic carbocycles. The molecular weight excluding hydrogens is 434 g/mol. The van der Waals surface area contributed by atoms with Crippen LogP contribution in [0.4, 0.5) is 37.7 Å². The van der Waals surface area contributed by atoms with Gasteiger partial charge in [0.15, 0.2) is 0 Å². The Morgan fingerprint density at radius 2 is 1.68 bits per heavy atom. The Kier molecular flexibility index (Phi) is 6.59. The van der Waals surface area contributed by atoms with Gasteiger partial charge in [0, 0.05) is 16.8 Å². The van der Waals surface area contributed by atoms with E-state index in [4.69, 9.17) is 5.21 Å². The summed E-state index contributed by atoms with van der Waals surface area (Å²) in [6, 6.07) is 5.84. The number of anilines is 2. The molecule has 2 rings (SSSR count). The van der Waals surface area contributed by atoms with Crippen molar-refractivity contribution >= 4 is 17.3 Å². The third-order valence-electron chi connectivity index (χ3n) is 4.60. The molecule has 0 heterocycles. The van der Waals surface area contributed by atoms with E-state index in [1.165, 1.54) is 32.0 Å². The van der Waals surface area contributed by atoms with Crippen LogP contribution in [0.2, 0.25) is 0 Å². The minimum absolute atomic E-state index is 0.0451. The molecule has 2 aromatic rings. The summed E-state index contributed by atoms with van der Waals surface area (Å²) in [5, 5.41) is 31.4. The molecule has 0 bridgehead atoms. The lowest BCUT2D eigenvalue weighted by molar-refractivity contribution is -0.376. The Hall–Kier alpha value is -2.83. The number of carbonyl (C=O) groups is 1. The Labute approximate surface area is 172 Å². The van der Waals surface area contributed by atoms with E-state index in [9.17, 15) is 41.5 Å². The summed E-state index contributed by atoms with van der Waals surface area (Å²) < 4.78 is 79.2. The van der Waals surface area contributed by atoms with Crippen molar-refractivity contribution in [1.82, 2.24) is 0 Å². The first-order valence-corrected chi connectivity index (χ1v) is 8.70. The van der Waals surface area contributed by atoms with E-state index < -0.39 is 34.7 Å². The fraction of sp³-hybridized carbons (Fsp3) is 0.316. The predicted octanol–water partition coefficient (Wildman–Crippen LogP) is 4.82. The quantitative estimate of drug-likeness (QED) is 0.448. The number of hydrogen-bond donors (Lipinski definition) is 3. The molecule has 0 aliphatic heterocycles. The number of halogens is 6. The zero-order valence-corrected chi connectivity index (χ0v) is 16.1. The summed E-state index contributed by atoms with van der Waals surface area (Å²) >= 11 is 0. The second kappa shape index (κ2) is 8.36. The third kappa shape index (κ3) is 4.60. The maximum absolute atomic E-state index is 13.2. The summed E-state index contributed by atoms with van der Waals surface area (Å²) in [7, 11) is 0. The van der Waals surface area contributed by atoms with Crippen molar-refractivity contribution in [3.05, 3.63) is 63.9 Å². The van der Waals surface area contributed by atoms with Gasteiger partial charge in [-0.1, -0.05) is 25.1 Å². The fourth-order valence-corrected chi connectivity index (χ4v) is 2.97. The van der Waals surface area contributed by atoms with Gasteiger partial charge >= 0.3 is 12.4 Å². The third-order valence-corrected chi connectivity index (χ3v) is 4.60. The van der Waals surface area contributed by atoms with Gasteiger partial charge in [0.1, 0.15) is 0 Å². The molecule has 31 heavy (non-hydrogen) atoms. The van der Waals surface area contributed by atoms with Crippen molar-refractivity contribution in [3.63, 3.8) is 0 Å². The highest BCUT2D eigenvalue weighted by Crippen LogP contribution is 2.50.